The van der Waals surface area contributed by atoms with Crippen molar-refractivity contribution in [2.24, 2.45) is 0 Å². The quantitative estimate of drug-likeness (QED) is 0.869. The summed E-state index contributed by atoms with van der Waals surface area (Å²) in [5.74, 6) is -0.844. The Hall–Kier alpha value is -1.62. The van der Waals surface area contributed by atoms with Crippen LogP contribution in [0.15, 0.2) is 24.3 Å². The van der Waals surface area contributed by atoms with E-state index in [2.05, 4.69) is 10.3 Å². The number of benzene rings is 1. The number of aromatic nitrogens is 1. The summed E-state index contributed by atoms with van der Waals surface area (Å²) in [6.07, 6.45) is 1.37. The summed E-state index contributed by atoms with van der Waals surface area (Å²) in [4.78, 5) is 15.8. The Morgan fingerprint density at radius 3 is 2.83 bits per heavy atom. The van der Waals surface area contributed by atoms with Gasteiger partial charge in [-0.25, -0.2) is 9.78 Å². The predicted octanol–water partition coefficient (Wildman–Crippen LogP) is 3.35. The minimum atomic E-state index is -0.956. The Labute approximate surface area is 110 Å². The number of carboxylic acid groups (broad SMARTS) is 1. The van der Waals surface area contributed by atoms with Crippen LogP contribution >= 0.6 is 11.3 Å². The highest BCUT2D eigenvalue weighted by atomic mass is 32.1. The number of fused-ring (bicyclic) bond motifs is 1. The van der Waals surface area contributed by atoms with Crippen molar-refractivity contribution in [3.05, 3.63) is 24.3 Å². The summed E-state index contributed by atoms with van der Waals surface area (Å²) >= 11 is 1.48. The van der Waals surface area contributed by atoms with Gasteiger partial charge in [-0.2, -0.15) is 0 Å². The Bertz CT molecular complexity index is 534. The lowest BCUT2D eigenvalue weighted by Crippen LogP contribution is -2.43. The number of anilines is 1. The largest absolute Gasteiger partial charge is 0.480 e. The fourth-order valence-electron chi connectivity index (χ4n) is 1.88. The molecule has 0 spiro atoms. The van der Waals surface area contributed by atoms with Gasteiger partial charge in [-0.05, 0) is 25.5 Å². The van der Waals surface area contributed by atoms with E-state index in [9.17, 15) is 9.90 Å². The molecule has 0 radical (unpaired) electrons. The molecule has 2 rings (SSSR count). The molecule has 5 heteroatoms. The van der Waals surface area contributed by atoms with Gasteiger partial charge in [0.1, 0.15) is 5.54 Å². The number of carboxylic acids is 1. The van der Waals surface area contributed by atoms with Crippen molar-refractivity contribution in [2.75, 3.05) is 5.32 Å². The topological polar surface area (TPSA) is 62.2 Å². The van der Waals surface area contributed by atoms with E-state index in [0.29, 0.717) is 11.6 Å². The summed E-state index contributed by atoms with van der Waals surface area (Å²) in [5.41, 5.74) is -0.0583. The van der Waals surface area contributed by atoms with E-state index in [1.54, 1.807) is 6.92 Å². The molecule has 0 bridgehead atoms. The van der Waals surface area contributed by atoms with E-state index in [4.69, 9.17) is 0 Å². The fourth-order valence-corrected chi connectivity index (χ4v) is 2.88. The number of aliphatic carboxylic acids is 1. The zero-order chi connectivity index (χ0) is 13.2. The van der Waals surface area contributed by atoms with Gasteiger partial charge in [0, 0.05) is 0 Å². The van der Waals surface area contributed by atoms with Crippen molar-refractivity contribution in [1.29, 1.82) is 0 Å². The van der Waals surface area contributed by atoms with Crippen LogP contribution in [0, 0.1) is 0 Å². The smallest absolute Gasteiger partial charge is 0.329 e. The maximum Gasteiger partial charge on any atom is 0.329 e. The molecule has 1 aromatic heterocycles. The summed E-state index contributed by atoms with van der Waals surface area (Å²) in [6, 6.07) is 7.78. The van der Waals surface area contributed by atoms with Crippen LogP contribution in [0.25, 0.3) is 10.2 Å². The van der Waals surface area contributed by atoms with Crippen LogP contribution in [-0.4, -0.2) is 21.6 Å². The van der Waals surface area contributed by atoms with Crippen molar-refractivity contribution in [2.45, 2.75) is 32.2 Å². The summed E-state index contributed by atoms with van der Waals surface area (Å²) < 4.78 is 1.06. The van der Waals surface area contributed by atoms with E-state index in [0.717, 1.165) is 16.6 Å². The van der Waals surface area contributed by atoms with Crippen molar-refractivity contribution < 1.29 is 9.90 Å². The van der Waals surface area contributed by atoms with Gasteiger partial charge < -0.3 is 10.4 Å². The van der Waals surface area contributed by atoms with Crippen LogP contribution in [0.5, 0.6) is 0 Å². The third-order valence-corrected chi connectivity index (χ3v) is 3.85. The van der Waals surface area contributed by atoms with Crippen molar-refractivity contribution in [3.63, 3.8) is 0 Å². The molecule has 0 saturated carbocycles. The van der Waals surface area contributed by atoms with Gasteiger partial charge in [-0.3, -0.25) is 0 Å². The highest BCUT2D eigenvalue weighted by molar-refractivity contribution is 7.22. The minimum absolute atomic E-state index is 0.568. The molecule has 96 valence electrons. The molecule has 2 aromatic rings. The van der Waals surface area contributed by atoms with Crippen LogP contribution in [0.3, 0.4) is 0 Å². The lowest BCUT2D eigenvalue weighted by molar-refractivity contribution is -0.141. The first-order valence-electron chi connectivity index (χ1n) is 5.92. The molecule has 0 aliphatic heterocycles. The van der Waals surface area contributed by atoms with Gasteiger partial charge in [-0.1, -0.05) is 36.8 Å². The minimum Gasteiger partial charge on any atom is -0.480 e. The number of para-hydroxylation sites is 1. The van der Waals surface area contributed by atoms with Crippen molar-refractivity contribution in [3.8, 4) is 0 Å². The van der Waals surface area contributed by atoms with Gasteiger partial charge in [0.2, 0.25) is 0 Å². The highest BCUT2D eigenvalue weighted by Crippen LogP contribution is 2.29. The average molecular weight is 264 g/mol. The number of nitrogens with one attached hydrogen (secondary N) is 1. The van der Waals surface area contributed by atoms with E-state index in [-0.39, 0.29) is 0 Å². The van der Waals surface area contributed by atoms with Gasteiger partial charge >= 0.3 is 5.97 Å². The Morgan fingerprint density at radius 1 is 1.50 bits per heavy atom. The molecule has 2 N–H and O–H groups in total. The molecule has 4 nitrogen and oxygen atoms in total. The highest BCUT2D eigenvalue weighted by Gasteiger charge is 2.32. The molecular formula is C13H16N2O2S. The van der Waals surface area contributed by atoms with Crippen molar-refractivity contribution in [1.82, 2.24) is 4.98 Å². The number of thiazole rings is 1. The van der Waals surface area contributed by atoms with Crippen LogP contribution < -0.4 is 5.32 Å². The Morgan fingerprint density at radius 2 is 2.22 bits per heavy atom. The fraction of sp³-hybridized carbons (Fsp3) is 0.385. The summed E-state index contributed by atoms with van der Waals surface area (Å²) in [6.45, 7) is 3.67. The molecule has 0 amide bonds. The second kappa shape index (κ2) is 4.94. The Balaban J connectivity index is 2.28. The molecule has 18 heavy (non-hydrogen) atoms. The van der Waals surface area contributed by atoms with Gasteiger partial charge in [0.25, 0.3) is 0 Å². The van der Waals surface area contributed by atoms with Gasteiger partial charge in [-0.15, -0.1) is 0 Å². The standard InChI is InChI=1S/C13H16N2O2S/c1-3-8-13(2,11(16)17)15-12-14-9-6-4-5-7-10(9)18-12/h4-7H,3,8H2,1-2H3,(H,14,15)(H,16,17). The van der Waals surface area contributed by atoms with Gasteiger partial charge in [0.05, 0.1) is 10.2 Å². The third-order valence-electron chi connectivity index (χ3n) is 2.90. The summed E-state index contributed by atoms with van der Waals surface area (Å²) in [5, 5.41) is 13.0. The van der Waals surface area contributed by atoms with Crippen LogP contribution in [-0.2, 0) is 4.79 Å². The normalized spacial score (nSPS) is 14.3. The molecule has 1 aromatic carbocycles. The molecule has 1 atom stereocenters. The third kappa shape index (κ3) is 2.46. The summed E-state index contributed by atoms with van der Waals surface area (Å²) in [7, 11) is 0. The molecule has 0 saturated heterocycles. The molecule has 0 fully saturated rings. The number of hydrogen-bond acceptors (Lipinski definition) is 4. The molecule has 0 aliphatic carbocycles. The van der Waals surface area contributed by atoms with E-state index in [1.165, 1.54) is 11.3 Å². The SMILES string of the molecule is CCCC(C)(Nc1nc2ccccc2s1)C(=O)O. The monoisotopic (exact) mass is 264 g/mol. The zero-order valence-corrected chi connectivity index (χ0v) is 11.3. The van der Waals surface area contributed by atoms with Crippen LogP contribution in [0.2, 0.25) is 0 Å². The van der Waals surface area contributed by atoms with Crippen LogP contribution in [0.1, 0.15) is 26.7 Å². The van der Waals surface area contributed by atoms with Gasteiger partial charge in [0.15, 0.2) is 5.13 Å². The second-order valence-electron chi connectivity index (χ2n) is 4.50. The lowest BCUT2D eigenvalue weighted by atomic mass is 9.97. The molecule has 1 unspecified atom stereocenters. The first-order valence-corrected chi connectivity index (χ1v) is 6.74. The maximum atomic E-state index is 11.3. The van der Waals surface area contributed by atoms with E-state index in [1.807, 2.05) is 31.2 Å². The van der Waals surface area contributed by atoms with Crippen LogP contribution in [0.4, 0.5) is 5.13 Å². The molecular weight excluding hydrogens is 248 g/mol. The maximum absolute atomic E-state index is 11.3. The first kappa shape index (κ1) is 12.8. The predicted molar refractivity (Wildman–Crippen MR) is 74.2 cm³/mol. The number of nitrogens with zero attached hydrogens (tertiary/aromatic N) is 1. The second-order valence-corrected chi connectivity index (χ2v) is 5.53. The number of rotatable bonds is 5. The average Bonchev–Trinajstić information content (AvgIpc) is 2.70. The first-order chi connectivity index (χ1) is 8.55. The number of carbonyl (C=O) groups is 1. The molecule has 0 aliphatic rings. The van der Waals surface area contributed by atoms with Crippen molar-refractivity contribution >= 4 is 32.7 Å². The van der Waals surface area contributed by atoms with E-state index >= 15 is 0 Å². The zero-order valence-electron chi connectivity index (χ0n) is 10.4. The number of hydrogen-bond donors (Lipinski definition) is 2. The Kier molecular flexibility index (Phi) is 3.52. The molecule has 1 heterocycles. The van der Waals surface area contributed by atoms with E-state index < -0.39 is 11.5 Å². The lowest BCUT2D eigenvalue weighted by Gasteiger charge is -2.25.